The van der Waals surface area contributed by atoms with Crippen molar-refractivity contribution < 1.29 is 14.5 Å². The van der Waals surface area contributed by atoms with Crippen LogP contribution in [0.2, 0.25) is 0 Å². The van der Waals surface area contributed by atoms with E-state index in [9.17, 15) is 14.9 Å². The van der Waals surface area contributed by atoms with E-state index in [-0.39, 0.29) is 17.3 Å². The summed E-state index contributed by atoms with van der Waals surface area (Å²) < 4.78 is 5.22. The fourth-order valence-electron chi connectivity index (χ4n) is 1.87. The third kappa shape index (κ3) is 3.76. The van der Waals surface area contributed by atoms with Crippen molar-refractivity contribution >= 4 is 11.6 Å². The number of morpholine rings is 1. The molecule has 0 bridgehead atoms. The van der Waals surface area contributed by atoms with E-state index in [1.165, 1.54) is 12.3 Å². The first-order valence-electron chi connectivity index (χ1n) is 6.08. The fraction of sp³-hybridized carbons (Fsp3) is 0.545. The van der Waals surface area contributed by atoms with Gasteiger partial charge in [-0.3, -0.25) is 19.8 Å². The van der Waals surface area contributed by atoms with Crippen LogP contribution in [0.5, 0.6) is 0 Å². The molecule has 1 saturated heterocycles. The molecule has 1 fully saturated rings. The minimum absolute atomic E-state index is 0.113. The Bertz CT molecular complexity index is 453. The van der Waals surface area contributed by atoms with Crippen LogP contribution in [0.4, 0.5) is 5.69 Å². The predicted molar refractivity (Wildman–Crippen MR) is 67.0 cm³/mol. The van der Waals surface area contributed by atoms with Crippen molar-refractivity contribution in [2.45, 2.75) is 0 Å². The van der Waals surface area contributed by atoms with Crippen LogP contribution in [0, 0.1) is 10.1 Å². The largest absolute Gasteiger partial charge is 0.379 e. The number of rotatable bonds is 5. The number of hydrogen-bond acceptors (Lipinski definition) is 5. The highest BCUT2D eigenvalue weighted by Gasteiger charge is 2.15. The SMILES string of the molecule is O=C(NCCN1CCOCC1)c1cc([N+](=O)[O-])c[nH]1. The van der Waals surface area contributed by atoms with Crippen LogP contribution in [0.1, 0.15) is 10.5 Å². The summed E-state index contributed by atoms with van der Waals surface area (Å²) in [7, 11) is 0. The molecule has 8 nitrogen and oxygen atoms in total. The Hall–Kier alpha value is -1.93. The number of ether oxygens (including phenoxy) is 1. The molecular formula is C11H16N4O4. The Morgan fingerprint density at radius 3 is 2.89 bits per heavy atom. The number of hydrogen-bond donors (Lipinski definition) is 2. The topological polar surface area (TPSA) is 100 Å². The smallest absolute Gasteiger partial charge is 0.287 e. The highest BCUT2D eigenvalue weighted by atomic mass is 16.6. The predicted octanol–water partition coefficient (Wildman–Crippen LogP) is -0.0151. The van der Waals surface area contributed by atoms with Gasteiger partial charge in [0.1, 0.15) is 5.69 Å². The molecular weight excluding hydrogens is 252 g/mol. The first-order valence-corrected chi connectivity index (χ1v) is 6.08. The molecule has 8 heteroatoms. The van der Waals surface area contributed by atoms with Crippen molar-refractivity contribution in [3.63, 3.8) is 0 Å². The van der Waals surface area contributed by atoms with Gasteiger partial charge >= 0.3 is 0 Å². The summed E-state index contributed by atoms with van der Waals surface area (Å²) >= 11 is 0. The first-order chi connectivity index (χ1) is 9.16. The van der Waals surface area contributed by atoms with E-state index < -0.39 is 4.92 Å². The van der Waals surface area contributed by atoms with Crippen molar-refractivity contribution in [2.75, 3.05) is 39.4 Å². The van der Waals surface area contributed by atoms with Gasteiger partial charge < -0.3 is 15.0 Å². The van der Waals surface area contributed by atoms with Crippen molar-refractivity contribution in [2.24, 2.45) is 0 Å². The highest BCUT2D eigenvalue weighted by Crippen LogP contribution is 2.11. The van der Waals surface area contributed by atoms with E-state index >= 15 is 0 Å². The van der Waals surface area contributed by atoms with E-state index in [2.05, 4.69) is 15.2 Å². The van der Waals surface area contributed by atoms with Crippen LogP contribution in [-0.2, 0) is 4.74 Å². The number of carbonyl (C=O) groups excluding carboxylic acids is 1. The Balaban J connectivity index is 1.75. The van der Waals surface area contributed by atoms with E-state index in [0.29, 0.717) is 6.54 Å². The van der Waals surface area contributed by atoms with Gasteiger partial charge in [-0.05, 0) is 0 Å². The average Bonchev–Trinajstić information content (AvgIpc) is 2.89. The molecule has 0 atom stereocenters. The van der Waals surface area contributed by atoms with Gasteiger partial charge in [-0.25, -0.2) is 0 Å². The number of nitro groups is 1. The molecule has 104 valence electrons. The average molecular weight is 268 g/mol. The van der Waals surface area contributed by atoms with Crippen molar-refractivity contribution in [1.29, 1.82) is 0 Å². The summed E-state index contributed by atoms with van der Waals surface area (Å²) in [4.78, 5) is 26.4. The maximum atomic E-state index is 11.7. The van der Waals surface area contributed by atoms with Crippen molar-refractivity contribution in [1.82, 2.24) is 15.2 Å². The summed E-state index contributed by atoms with van der Waals surface area (Å²) in [5.74, 6) is -0.332. The van der Waals surface area contributed by atoms with Crippen LogP contribution in [0.25, 0.3) is 0 Å². The van der Waals surface area contributed by atoms with E-state index in [0.717, 1.165) is 32.8 Å². The number of aromatic nitrogens is 1. The van der Waals surface area contributed by atoms with Crippen LogP contribution in [0.3, 0.4) is 0 Å². The minimum atomic E-state index is -0.541. The van der Waals surface area contributed by atoms with Gasteiger partial charge in [-0.1, -0.05) is 0 Å². The lowest BCUT2D eigenvalue weighted by atomic mass is 10.3. The zero-order valence-corrected chi connectivity index (χ0v) is 10.4. The zero-order valence-electron chi connectivity index (χ0n) is 10.4. The maximum absolute atomic E-state index is 11.7. The number of aromatic amines is 1. The standard InChI is InChI=1S/C11H16N4O4/c16-11(10-7-9(8-13-10)15(17)18)12-1-2-14-3-5-19-6-4-14/h7-8,13H,1-6H2,(H,12,16). The normalized spacial score (nSPS) is 16.2. The van der Waals surface area contributed by atoms with Crippen LogP contribution < -0.4 is 5.32 Å². The van der Waals surface area contributed by atoms with E-state index in [1.807, 2.05) is 0 Å². The number of nitrogens with one attached hydrogen (secondary N) is 2. The summed E-state index contributed by atoms with van der Waals surface area (Å²) in [6.45, 7) is 4.42. The molecule has 0 aliphatic carbocycles. The van der Waals surface area contributed by atoms with Gasteiger partial charge in [0.05, 0.1) is 24.3 Å². The van der Waals surface area contributed by atoms with Gasteiger partial charge in [-0.15, -0.1) is 0 Å². The lowest BCUT2D eigenvalue weighted by Gasteiger charge is -2.26. The van der Waals surface area contributed by atoms with Crippen LogP contribution in [0.15, 0.2) is 12.3 Å². The molecule has 0 saturated carbocycles. The van der Waals surface area contributed by atoms with Gasteiger partial charge in [0, 0.05) is 32.2 Å². The third-order valence-electron chi connectivity index (χ3n) is 2.94. The van der Waals surface area contributed by atoms with Gasteiger partial charge in [-0.2, -0.15) is 0 Å². The second kappa shape index (κ2) is 6.30. The zero-order chi connectivity index (χ0) is 13.7. The monoisotopic (exact) mass is 268 g/mol. The van der Waals surface area contributed by atoms with Gasteiger partial charge in [0.25, 0.3) is 11.6 Å². The van der Waals surface area contributed by atoms with Crippen LogP contribution in [-0.4, -0.2) is 60.1 Å². The summed E-state index contributed by atoms with van der Waals surface area (Å²) in [6, 6.07) is 1.23. The molecule has 0 spiro atoms. The number of nitrogens with zero attached hydrogens (tertiary/aromatic N) is 2. The maximum Gasteiger partial charge on any atom is 0.287 e. The summed E-state index contributed by atoms with van der Waals surface area (Å²) in [5.41, 5.74) is 0.0898. The fourth-order valence-corrected chi connectivity index (χ4v) is 1.87. The second-order valence-electron chi connectivity index (χ2n) is 4.24. The minimum Gasteiger partial charge on any atom is -0.379 e. The molecule has 1 aliphatic rings. The Labute approximate surface area is 109 Å². The Kier molecular flexibility index (Phi) is 4.48. The molecule has 2 N–H and O–H groups in total. The van der Waals surface area contributed by atoms with E-state index in [1.54, 1.807) is 0 Å². The summed E-state index contributed by atoms with van der Waals surface area (Å²) in [6.07, 6.45) is 1.21. The lowest BCUT2D eigenvalue weighted by Crippen LogP contribution is -2.41. The molecule has 1 aromatic rings. The first kappa shape index (κ1) is 13.5. The highest BCUT2D eigenvalue weighted by molar-refractivity contribution is 5.93. The third-order valence-corrected chi connectivity index (χ3v) is 2.94. The molecule has 1 amide bonds. The molecule has 19 heavy (non-hydrogen) atoms. The Morgan fingerprint density at radius 2 is 2.26 bits per heavy atom. The van der Waals surface area contributed by atoms with Crippen molar-refractivity contribution in [3.8, 4) is 0 Å². The second-order valence-corrected chi connectivity index (χ2v) is 4.24. The Morgan fingerprint density at radius 1 is 1.53 bits per heavy atom. The van der Waals surface area contributed by atoms with Crippen molar-refractivity contribution in [3.05, 3.63) is 28.1 Å². The lowest BCUT2D eigenvalue weighted by molar-refractivity contribution is -0.384. The van der Waals surface area contributed by atoms with Gasteiger partial charge in [0.2, 0.25) is 0 Å². The molecule has 0 aromatic carbocycles. The van der Waals surface area contributed by atoms with E-state index in [4.69, 9.17) is 4.74 Å². The molecule has 2 rings (SSSR count). The molecule has 0 radical (unpaired) electrons. The molecule has 0 unspecified atom stereocenters. The summed E-state index contributed by atoms with van der Waals surface area (Å²) in [5, 5.41) is 13.2. The number of H-pyrrole nitrogens is 1. The van der Waals surface area contributed by atoms with Crippen LogP contribution >= 0.6 is 0 Å². The number of carbonyl (C=O) groups is 1. The van der Waals surface area contributed by atoms with Gasteiger partial charge in [0.15, 0.2) is 0 Å². The molecule has 1 aromatic heterocycles. The quantitative estimate of drug-likeness (QED) is 0.577. The number of amides is 1. The molecule has 2 heterocycles. The molecule has 1 aliphatic heterocycles.